The lowest BCUT2D eigenvalue weighted by Gasteiger charge is -2.41. The van der Waals surface area contributed by atoms with Gasteiger partial charge in [0.1, 0.15) is 0 Å². The molecular weight excluding hydrogens is 264 g/mol. The zero-order chi connectivity index (χ0) is 15.5. The first-order valence-electron chi connectivity index (χ1n) is 7.63. The molecule has 2 rings (SSSR count). The van der Waals surface area contributed by atoms with Crippen LogP contribution in [0.15, 0.2) is 24.3 Å². The van der Waals surface area contributed by atoms with Gasteiger partial charge in [-0.1, -0.05) is 12.1 Å². The molecule has 1 aromatic rings. The second kappa shape index (κ2) is 6.34. The van der Waals surface area contributed by atoms with E-state index in [2.05, 4.69) is 34.5 Å². The first kappa shape index (κ1) is 16.3. The van der Waals surface area contributed by atoms with Crippen LogP contribution in [-0.2, 0) is 11.3 Å². The lowest BCUT2D eigenvalue weighted by Crippen LogP contribution is -2.51. The summed E-state index contributed by atoms with van der Waals surface area (Å²) >= 11 is 0. The van der Waals surface area contributed by atoms with E-state index in [1.807, 2.05) is 27.9 Å². The topological polar surface area (TPSA) is 44.7 Å². The van der Waals surface area contributed by atoms with E-state index in [0.717, 1.165) is 6.54 Å². The van der Waals surface area contributed by atoms with Gasteiger partial charge in [-0.2, -0.15) is 0 Å². The number of hydrogen-bond donors (Lipinski definition) is 2. The van der Waals surface area contributed by atoms with E-state index in [-0.39, 0.29) is 5.60 Å². The maximum Gasteiger partial charge on any atom is 0.0820 e. The number of hydrogen-bond acceptors (Lipinski definition) is 4. The number of anilines is 1. The van der Waals surface area contributed by atoms with Gasteiger partial charge < -0.3 is 20.1 Å². The van der Waals surface area contributed by atoms with Gasteiger partial charge in [-0.05, 0) is 31.5 Å². The van der Waals surface area contributed by atoms with E-state index in [0.29, 0.717) is 26.0 Å². The molecule has 0 amide bonds. The molecule has 0 bridgehead atoms. The van der Waals surface area contributed by atoms with Crippen LogP contribution in [0.2, 0.25) is 0 Å². The third kappa shape index (κ3) is 4.70. The molecule has 4 nitrogen and oxygen atoms in total. The summed E-state index contributed by atoms with van der Waals surface area (Å²) in [5.74, 6) is 0. The molecule has 2 N–H and O–H groups in total. The quantitative estimate of drug-likeness (QED) is 0.873. The lowest BCUT2D eigenvalue weighted by atomic mass is 9.84. The zero-order valence-corrected chi connectivity index (χ0v) is 13.6. The third-order valence-corrected chi connectivity index (χ3v) is 4.05. The van der Waals surface area contributed by atoms with Crippen molar-refractivity contribution in [2.24, 2.45) is 0 Å². The highest BCUT2D eigenvalue weighted by Crippen LogP contribution is 2.31. The molecule has 4 heteroatoms. The van der Waals surface area contributed by atoms with E-state index < -0.39 is 5.60 Å². The SMILES string of the molecule is CN(C)c1ccc(CNC[C@@]2(O)CCOC(C)(C)C2)cc1. The van der Waals surface area contributed by atoms with Gasteiger partial charge in [0, 0.05) is 45.7 Å². The van der Waals surface area contributed by atoms with Gasteiger partial charge in [0.05, 0.1) is 17.8 Å². The Morgan fingerprint density at radius 2 is 1.90 bits per heavy atom. The fraction of sp³-hybridized carbons (Fsp3) is 0.647. The Labute approximate surface area is 128 Å². The fourth-order valence-electron chi connectivity index (χ4n) is 2.95. The van der Waals surface area contributed by atoms with Crippen molar-refractivity contribution in [3.8, 4) is 0 Å². The monoisotopic (exact) mass is 292 g/mol. The first-order valence-corrected chi connectivity index (χ1v) is 7.63. The summed E-state index contributed by atoms with van der Waals surface area (Å²) in [6.45, 7) is 6.09. The molecule has 118 valence electrons. The molecule has 0 aliphatic carbocycles. The minimum atomic E-state index is -0.661. The molecular formula is C17H28N2O2. The van der Waals surface area contributed by atoms with Crippen LogP contribution in [0.4, 0.5) is 5.69 Å². The molecule has 0 unspecified atom stereocenters. The summed E-state index contributed by atoms with van der Waals surface area (Å²) in [6.07, 6.45) is 1.37. The normalized spacial score (nSPS) is 24.8. The Hall–Kier alpha value is -1.10. The summed E-state index contributed by atoms with van der Waals surface area (Å²) in [6, 6.07) is 8.48. The second-order valence-electron chi connectivity index (χ2n) is 6.92. The molecule has 1 saturated heterocycles. The van der Waals surface area contributed by atoms with Crippen molar-refractivity contribution in [2.45, 2.75) is 44.4 Å². The molecule has 0 radical (unpaired) electrons. The van der Waals surface area contributed by atoms with E-state index in [1.54, 1.807) is 0 Å². The average molecular weight is 292 g/mol. The minimum absolute atomic E-state index is 0.234. The van der Waals surface area contributed by atoms with E-state index >= 15 is 0 Å². The fourth-order valence-corrected chi connectivity index (χ4v) is 2.95. The third-order valence-electron chi connectivity index (χ3n) is 4.05. The molecule has 0 spiro atoms. The van der Waals surface area contributed by atoms with Gasteiger partial charge in [0.2, 0.25) is 0 Å². The number of nitrogens with one attached hydrogen (secondary N) is 1. The van der Waals surface area contributed by atoms with Crippen LogP contribution in [0, 0.1) is 0 Å². The van der Waals surface area contributed by atoms with Crippen molar-refractivity contribution in [2.75, 3.05) is 32.1 Å². The molecule has 0 aromatic heterocycles. The van der Waals surface area contributed by atoms with Crippen LogP contribution >= 0.6 is 0 Å². The van der Waals surface area contributed by atoms with Gasteiger partial charge in [-0.25, -0.2) is 0 Å². The number of nitrogens with zero attached hydrogens (tertiary/aromatic N) is 1. The predicted molar refractivity (Wildman–Crippen MR) is 86.7 cm³/mol. The molecule has 1 aromatic carbocycles. The molecule has 1 aliphatic rings. The first-order chi connectivity index (χ1) is 9.80. The minimum Gasteiger partial charge on any atom is -0.388 e. The summed E-state index contributed by atoms with van der Waals surface area (Å²) in [4.78, 5) is 2.09. The molecule has 1 atom stereocenters. The van der Waals surface area contributed by atoms with Crippen LogP contribution < -0.4 is 10.2 Å². The summed E-state index contributed by atoms with van der Waals surface area (Å²) in [5.41, 5.74) is 1.53. The summed E-state index contributed by atoms with van der Waals surface area (Å²) < 4.78 is 5.67. The maximum absolute atomic E-state index is 10.7. The van der Waals surface area contributed by atoms with E-state index in [1.165, 1.54) is 11.3 Å². The average Bonchev–Trinajstić information content (AvgIpc) is 2.37. The Morgan fingerprint density at radius 1 is 1.24 bits per heavy atom. The summed E-state index contributed by atoms with van der Waals surface area (Å²) in [7, 11) is 4.07. The standard InChI is InChI=1S/C17H28N2O2/c1-16(2)12-17(20,9-10-21-16)13-18-11-14-5-7-15(8-6-14)19(3)4/h5-8,18,20H,9-13H2,1-4H3/t17-/m1/s1. The van der Waals surface area contributed by atoms with Gasteiger partial charge in [0.15, 0.2) is 0 Å². The van der Waals surface area contributed by atoms with Crippen molar-refractivity contribution < 1.29 is 9.84 Å². The van der Waals surface area contributed by atoms with Crippen molar-refractivity contribution in [3.63, 3.8) is 0 Å². The van der Waals surface area contributed by atoms with Crippen LogP contribution in [0.5, 0.6) is 0 Å². The second-order valence-corrected chi connectivity index (χ2v) is 6.92. The maximum atomic E-state index is 10.7. The van der Waals surface area contributed by atoms with E-state index in [9.17, 15) is 5.11 Å². The van der Waals surface area contributed by atoms with Gasteiger partial charge in [-0.3, -0.25) is 0 Å². The van der Waals surface area contributed by atoms with Crippen LogP contribution in [0.25, 0.3) is 0 Å². The highest BCUT2D eigenvalue weighted by atomic mass is 16.5. The van der Waals surface area contributed by atoms with Crippen LogP contribution in [0.1, 0.15) is 32.3 Å². The van der Waals surface area contributed by atoms with E-state index in [4.69, 9.17) is 4.74 Å². The Kier molecular flexibility index (Phi) is 4.91. The van der Waals surface area contributed by atoms with Crippen molar-refractivity contribution in [3.05, 3.63) is 29.8 Å². The van der Waals surface area contributed by atoms with Crippen LogP contribution in [-0.4, -0.2) is 43.6 Å². The summed E-state index contributed by atoms with van der Waals surface area (Å²) in [5, 5.41) is 14.0. The molecule has 0 saturated carbocycles. The highest BCUT2D eigenvalue weighted by molar-refractivity contribution is 5.45. The zero-order valence-electron chi connectivity index (χ0n) is 13.6. The Bertz CT molecular complexity index is 456. The Balaban J connectivity index is 1.83. The smallest absolute Gasteiger partial charge is 0.0820 e. The number of rotatable bonds is 5. The molecule has 21 heavy (non-hydrogen) atoms. The highest BCUT2D eigenvalue weighted by Gasteiger charge is 2.38. The van der Waals surface area contributed by atoms with Gasteiger partial charge in [-0.15, -0.1) is 0 Å². The number of aliphatic hydroxyl groups is 1. The van der Waals surface area contributed by atoms with Crippen molar-refractivity contribution in [1.82, 2.24) is 5.32 Å². The number of ether oxygens (including phenoxy) is 1. The van der Waals surface area contributed by atoms with Crippen molar-refractivity contribution in [1.29, 1.82) is 0 Å². The van der Waals surface area contributed by atoms with Gasteiger partial charge >= 0.3 is 0 Å². The van der Waals surface area contributed by atoms with Crippen molar-refractivity contribution >= 4 is 5.69 Å². The molecule has 1 aliphatic heterocycles. The number of benzene rings is 1. The van der Waals surface area contributed by atoms with Gasteiger partial charge in [0.25, 0.3) is 0 Å². The molecule has 1 heterocycles. The largest absolute Gasteiger partial charge is 0.388 e. The predicted octanol–water partition coefficient (Wildman–Crippen LogP) is 2.16. The lowest BCUT2D eigenvalue weighted by molar-refractivity contribution is -0.142. The van der Waals surface area contributed by atoms with Crippen LogP contribution in [0.3, 0.4) is 0 Å². The Morgan fingerprint density at radius 3 is 2.48 bits per heavy atom. The molecule has 1 fully saturated rings.